The lowest BCUT2D eigenvalue weighted by Crippen LogP contribution is -2.08. The topological polar surface area (TPSA) is 116 Å². The molecule has 0 fully saturated rings. The van der Waals surface area contributed by atoms with Gasteiger partial charge in [-0.25, -0.2) is 9.59 Å². The van der Waals surface area contributed by atoms with E-state index in [2.05, 4.69) is 22.5 Å². The van der Waals surface area contributed by atoms with Crippen LogP contribution in [0.15, 0.2) is 81.9 Å². The lowest BCUT2D eigenvalue weighted by Gasteiger charge is -2.08. The second-order valence-electron chi connectivity index (χ2n) is 9.87. The minimum Gasteiger partial charge on any atom is -0.493 e. The van der Waals surface area contributed by atoms with Crippen LogP contribution in [0, 0.1) is 0 Å². The number of aryl methyl sites for hydroxylation is 2. The summed E-state index contributed by atoms with van der Waals surface area (Å²) in [7, 11) is 0. The smallest absolute Gasteiger partial charge is 0.416 e. The van der Waals surface area contributed by atoms with Crippen molar-refractivity contribution < 1.29 is 33.0 Å². The molecule has 0 saturated carbocycles. The average molecular weight is 613 g/mol. The molecule has 2 amide bonds. The van der Waals surface area contributed by atoms with Crippen molar-refractivity contribution in [2.75, 3.05) is 11.1 Å². The van der Waals surface area contributed by atoms with Crippen LogP contribution in [0.2, 0.25) is 0 Å². The number of amides is 2. The van der Waals surface area contributed by atoms with Crippen molar-refractivity contribution in [2.45, 2.75) is 56.6 Å². The molecule has 4 rings (SSSR count). The van der Waals surface area contributed by atoms with Crippen LogP contribution in [-0.4, -0.2) is 32.5 Å². The quantitative estimate of drug-likeness (QED) is 0.0838. The Labute approximate surface area is 250 Å². The summed E-state index contributed by atoms with van der Waals surface area (Å²) < 4.78 is 40.8. The number of carbonyl (C=O) groups is 2. The SMILES string of the molecule is CCCCCCn1c(O)c(N=NC(=O)Nc2cccc(C(F)(F)F)c2)c2cc(SCCc3ccc(C(=O)O)cc3)ccc21. The standard InChI is InChI=1S/C31H31F3N4O4S/c1-2-3-4-5-16-38-26-14-13-24(43-17-15-20-9-11-21(12-10-20)29(40)41)19-25(26)27(28(38)39)36-37-30(42)35-23-8-6-7-22(18-23)31(32,33)34/h6-14,18-19,39H,2-5,15-17H2,1H3,(H,35,42)(H,40,41). The predicted molar refractivity (Wildman–Crippen MR) is 161 cm³/mol. The van der Waals surface area contributed by atoms with E-state index in [1.54, 1.807) is 40.6 Å². The van der Waals surface area contributed by atoms with Crippen LogP contribution in [0.4, 0.5) is 29.3 Å². The number of urea groups is 1. The first kappa shape index (κ1) is 31.6. The minimum atomic E-state index is -4.56. The first-order chi connectivity index (χ1) is 20.6. The van der Waals surface area contributed by atoms with Gasteiger partial charge in [0.05, 0.1) is 16.6 Å². The van der Waals surface area contributed by atoms with Gasteiger partial charge in [-0.05, 0) is 66.9 Å². The zero-order valence-corrected chi connectivity index (χ0v) is 24.2. The maximum absolute atomic E-state index is 13.0. The van der Waals surface area contributed by atoms with E-state index in [4.69, 9.17) is 5.11 Å². The molecule has 0 bridgehead atoms. The number of aromatic nitrogens is 1. The number of unbranched alkanes of at least 4 members (excludes halogenated alkanes) is 3. The fourth-order valence-electron chi connectivity index (χ4n) is 4.53. The van der Waals surface area contributed by atoms with Crippen LogP contribution in [-0.2, 0) is 19.1 Å². The molecule has 4 aromatic rings. The second-order valence-corrected chi connectivity index (χ2v) is 11.0. The molecule has 8 nitrogen and oxygen atoms in total. The van der Waals surface area contributed by atoms with E-state index in [-0.39, 0.29) is 22.8 Å². The van der Waals surface area contributed by atoms with Gasteiger partial charge in [0.1, 0.15) is 0 Å². The lowest BCUT2D eigenvalue weighted by atomic mass is 10.1. The number of fused-ring (bicyclic) bond motifs is 1. The molecular weight excluding hydrogens is 581 g/mol. The van der Waals surface area contributed by atoms with Crippen molar-refractivity contribution in [3.63, 3.8) is 0 Å². The fraction of sp³-hybridized carbons (Fsp3) is 0.290. The normalized spacial score (nSPS) is 11.8. The number of carboxylic acid groups (broad SMARTS) is 1. The molecule has 12 heteroatoms. The summed E-state index contributed by atoms with van der Waals surface area (Å²) in [6, 6.07) is 15.6. The Hall–Kier alpha value is -4.32. The van der Waals surface area contributed by atoms with E-state index >= 15 is 0 Å². The van der Waals surface area contributed by atoms with Crippen molar-refractivity contribution in [3.8, 4) is 5.88 Å². The van der Waals surface area contributed by atoms with Crippen molar-refractivity contribution in [1.29, 1.82) is 0 Å². The van der Waals surface area contributed by atoms with E-state index in [0.29, 0.717) is 24.1 Å². The number of aromatic hydroxyl groups is 1. The van der Waals surface area contributed by atoms with Crippen molar-refractivity contribution in [3.05, 3.63) is 83.4 Å². The van der Waals surface area contributed by atoms with Crippen LogP contribution < -0.4 is 5.32 Å². The van der Waals surface area contributed by atoms with Gasteiger partial charge in [0.2, 0.25) is 5.88 Å². The molecule has 0 saturated heterocycles. The van der Waals surface area contributed by atoms with Crippen LogP contribution in [0.5, 0.6) is 5.88 Å². The maximum atomic E-state index is 13.0. The highest BCUT2D eigenvalue weighted by molar-refractivity contribution is 7.99. The number of hydrogen-bond acceptors (Lipinski definition) is 5. The third kappa shape index (κ3) is 8.38. The number of benzene rings is 3. The van der Waals surface area contributed by atoms with E-state index < -0.39 is 23.7 Å². The highest BCUT2D eigenvalue weighted by Crippen LogP contribution is 2.41. The molecule has 0 aliphatic heterocycles. The third-order valence-electron chi connectivity index (χ3n) is 6.76. The number of azo groups is 1. The summed E-state index contributed by atoms with van der Waals surface area (Å²) in [6.45, 7) is 2.64. The van der Waals surface area contributed by atoms with E-state index in [1.807, 2.05) is 18.2 Å². The molecule has 0 spiro atoms. The summed E-state index contributed by atoms with van der Waals surface area (Å²) in [4.78, 5) is 24.4. The number of carbonyl (C=O) groups excluding carboxylic acids is 1. The van der Waals surface area contributed by atoms with Gasteiger partial charge in [0, 0.05) is 28.3 Å². The van der Waals surface area contributed by atoms with Gasteiger partial charge in [-0.1, -0.05) is 49.5 Å². The Balaban J connectivity index is 1.54. The Bertz CT molecular complexity index is 1620. The van der Waals surface area contributed by atoms with Crippen molar-refractivity contribution >= 4 is 46.0 Å². The predicted octanol–water partition coefficient (Wildman–Crippen LogP) is 9.29. The van der Waals surface area contributed by atoms with Gasteiger partial charge in [-0.15, -0.1) is 16.9 Å². The number of rotatable bonds is 12. The Morgan fingerprint density at radius 1 is 1.00 bits per heavy atom. The highest BCUT2D eigenvalue weighted by Gasteiger charge is 2.30. The van der Waals surface area contributed by atoms with Gasteiger partial charge in [-0.2, -0.15) is 13.2 Å². The number of nitrogens with zero attached hydrogens (tertiary/aromatic N) is 3. The van der Waals surface area contributed by atoms with E-state index in [0.717, 1.165) is 53.8 Å². The summed E-state index contributed by atoms with van der Waals surface area (Å²) in [6.07, 6.45) is 0.0652. The highest BCUT2D eigenvalue weighted by atomic mass is 32.2. The summed E-state index contributed by atoms with van der Waals surface area (Å²) in [5, 5.41) is 30.7. The van der Waals surface area contributed by atoms with Gasteiger partial charge in [0.25, 0.3) is 0 Å². The molecule has 43 heavy (non-hydrogen) atoms. The number of halogens is 3. The summed E-state index contributed by atoms with van der Waals surface area (Å²) in [5.74, 6) is -0.420. The van der Waals surface area contributed by atoms with Crippen LogP contribution in [0.1, 0.15) is 54.1 Å². The number of alkyl halides is 3. The van der Waals surface area contributed by atoms with Gasteiger partial charge in [0.15, 0.2) is 5.69 Å². The number of nitrogens with one attached hydrogen (secondary N) is 1. The number of aromatic carboxylic acids is 1. The number of carboxylic acids is 1. The Morgan fingerprint density at radius 3 is 2.47 bits per heavy atom. The van der Waals surface area contributed by atoms with Crippen LogP contribution >= 0.6 is 11.8 Å². The molecule has 1 aromatic heterocycles. The molecule has 0 aliphatic rings. The Kier molecular flexibility index (Phi) is 10.5. The molecular formula is C31H31F3N4O4S. The summed E-state index contributed by atoms with van der Waals surface area (Å²) >= 11 is 1.57. The molecule has 0 atom stereocenters. The number of thioether (sulfide) groups is 1. The average Bonchev–Trinajstić information content (AvgIpc) is 3.23. The first-order valence-electron chi connectivity index (χ1n) is 13.8. The number of hydrogen-bond donors (Lipinski definition) is 3. The van der Waals surface area contributed by atoms with Gasteiger partial charge < -0.3 is 20.1 Å². The maximum Gasteiger partial charge on any atom is 0.416 e. The molecule has 0 unspecified atom stereocenters. The monoisotopic (exact) mass is 612 g/mol. The summed E-state index contributed by atoms with van der Waals surface area (Å²) in [5.41, 5.74) is 1.04. The van der Waals surface area contributed by atoms with Crippen LogP contribution in [0.3, 0.4) is 0 Å². The Morgan fingerprint density at radius 2 is 1.77 bits per heavy atom. The van der Waals surface area contributed by atoms with Crippen molar-refractivity contribution in [2.24, 2.45) is 10.2 Å². The molecule has 0 radical (unpaired) electrons. The molecule has 0 aliphatic carbocycles. The van der Waals surface area contributed by atoms with E-state index in [1.165, 1.54) is 12.1 Å². The third-order valence-corrected chi connectivity index (χ3v) is 7.75. The zero-order valence-electron chi connectivity index (χ0n) is 23.4. The van der Waals surface area contributed by atoms with Gasteiger partial charge in [-0.3, -0.25) is 0 Å². The zero-order chi connectivity index (χ0) is 31.0. The first-order valence-corrected chi connectivity index (χ1v) is 14.8. The fourth-order valence-corrected chi connectivity index (χ4v) is 5.47. The molecule has 3 N–H and O–H groups in total. The van der Waals surface area contributed by atoms with E-state index in [9.17, 15) is 27.9 Å². The van der Waals surface area contributed by atoms with Crippen molar-refractivity contribution in [1.82, 2.24) is 4.57 Å². The van der Waals surface area contributed by atoms with Crippen LogP contribution in [0.25, 0.3) is 10.9 Å². The molecule has 3 aromatic carbocycles. The number of anilines is 1. The molecule has 226 valence electrons. The second kappa shape index (κ2) is 14.2. The minimum absolute atomic E-state index is 0.0855. The molecule has 1 heterocycles. The van der Waals surface area contributed by atoms with Gasteiger partial charge >= 0.3 is 18.2 Å². The largest absolute Gasteiger partial charge is 0.493 e. The lowest BCUT2D eigenvalue weighted by molar-refractivity contribution is -0.137.